The van der Waals surface area contributed by atoms with Crippen LogP contribution in [0.15, 0.2) is 24.3 Å². The van der Waals surface area contributed by atoms with Gasteiger partial charge in [-0.15, -0.1) is 0 Å². The summed E-state index contributed by atoms with van der Waals surface area (Å²) in [4.78, 5) is 11.2. The molecule has 1 rings (SSSR count). The first kappa shape index (κ1) is 23.9. The Morgan fingerprint density at radius 2 is 1.56 bits per heavy atom. The summed E-state index contributed by atoms with van der Waals surface area (Å²) >= 11 is 0. The zero-order chi connectivity index (χ0) is 19.7. The molecule has 1 aliphatic rings. The maximum Gasteiger partial charge on any atom is 0.313 e. The summed E-state index contributed by atoms with van der Waals surface area (Å²) in [5.74, 6) is -0.0731. The van der Waals surface area contributed by atoms with E-state index in [0.29, 0.717) is 6.42 Å². The number of carbonyl (C=O) groups is 1. The van der Waals surface area contributed by atoms with Crippen molar-refractivity contribution in [1.82, 2.24) is 0 Å². The predicted molar refractivity (Wildman–Crippen MR) is 114 cm³/mol. The van der Waals surface area contributed by atoms with Crippen LogP contribution in [0.2, 0.25) is 0 Å². The first-order valence-corrected chi connectivity index (χ1v) is 11.4. The quantitative estimate of drug-likeness (QED) is 0.178. The fraction of sp³-hybridized carbons (Fsp3) is 0.792. The van der Waals surface area contributed by atoms with Crippen molar-refractivity contribution in [3.8, 4) is 0 Å². The molecule has 0 aromatic rings. The molecule has 156 valence electrons. The zero-order valence-electron chi connectivity index (χ0n) is 17.7. The number of ether oxygens (including phenoxy) is 1. The Bertz CT molecular complexity index is 427. The number of carbonyl (C=O) groups excluding carboxylic acids is 1. The molecular formula is C24H42O3. The second-order valence-corrected chi connectivity index (χ2v) is 7.90. The molecular weight excluding hydrogens is 336 g/mol. The minimum atomic E-state index is -0.324. The molecule has 1 unspecified atom stereocenters. The van der Waals surface area contributed by atoms with Gasteiger partial charge in [0.2, 0.25) is 0 Å². The molecule has 3 heteroatoms. The van der Waals surface area contributed by atoms with E-state index in [1.807, 2.05) is 6.92 Å². The lowest BCUT2D eigenvalue weighted by atomic mass is 9.89. The van der Waals surface area contributed by atoms with Crippen LogP contribution < -0.4 is 0 Å². The summed E-state index contributed by atoms with van der Waals surface area (Å²) < 4.78 is 5.13. The van der Waals surface area contributed by atoms with Crippen LogP contribution in [-0.2, 0) is 9.53 Å². The van der Waals surface area contributed by atoms with Gasteiger partial charge < -0.3 is 9.84 Å². The fourth-order valence-corrected chi connectivity index (χ4v) is 3.62. The fourth-order valence-electron chi connectivity index (χ4n) is 3.62. The van der Waals surface area contributed by atoms with E-state index in [9.17, 15) is 9.90 Å². The molecule has 0 saturated carbocycles. The maximum absolute atomic E-state index is 11.2. The third-order valence-electron chi connectivity index (χ3n) is 5.45. The molecule has 0 aliphatic carbocycles. The van der Waals surface area contributed by atoms with Crippen LogP contribution in [0.25, 0.3) is 0 Å². The van der Waals surface area contributed by atoms with Crippen molar-refractivity contribution in [2.75, 3.05) is 0 Å². The van der Waals surface area contributed by atoms with E-state index in [-0.39, 0.29) is 24.1 Å². The largest absolute Gasteiger partial charge is 0.461 e. The summed E-state index contributed by atoms with van der Waals surface area (Å²) in [6.07, 6.45) is 24.5. The second kappa shape index (κ2) is 15.9. The number of unbranched alkanes of at least 4 members (excludes halogenated alkanes) is 8. The van der Waals surface area contributed by atoms with Crippen LogP contribution in [0.4, 0.5) is 0 Å². The molecule has 27 heavy (non-hydrogen) atoms. The SMILES string of the molecule is CCCCC/C=C\C/C=C\CCCCCCCC(O)C[C@@H]1OC(=O)[C@@H]1CC. The smallest absolute Gasteiger partial charge is 0.313 e. The number of allylic oxidation sites excluding steroid dienone is 4. The second-order valence-electron chi connectivity index (χ2n) is 7.90. The van der Waals surface area contributed by atoms with Gasteiger partial charge in [0.05, 0.1) is 12.0 Å². The van der Waals surface area contributed by atoms with Crippen LogP contribution in [0.3, 0.4) is 0 Å². The number of rotatable bonds is 17. The van der Waals surface area contributed by atoms with E-state index < -0.39 is 0 Å². The lowest BCUT2D eigenvalue weighted by Crippen LogP contribution is -2.46. The van der Waals surface area contributed by atoms with Gasteiger partial charge >= 0.3 is 5.97 Å². The number of hydrogen-bond acceptors (Lipinski definition) is 3. The molecule has 0 spiro atoms. The number of aliphatic hydroxyl groups is 1. The number of hydrogen-bond donors (Lipinski definition) is 1. The van der Waals surface area contributed by atoms with Gasteiger partial charge in [-0.25, -0.2) is 0 Å². The highest BCUT2D eigenvalue weighted by molar-refractivity contribution is 5.78. The van der Waals surface area contributed by atoms with Gasteiger partial charge in [-0.05, 0) is 44.9 Å². The van der Waals surface area contributed by atoms with Gasteiger partial charge in [-0.1, -0.05) is 76.7 Å². The Morgan fingerprint density at radius 1 is 0.926 bits per heavy atom. The van der Waals surface area contributed by atoms with E-state index in [1.165, 1.54) is 57.8 Å². The lowest BCUT2D eigenvalue weighted by molar-refractivity contribution is -0.188. The van der Waals surface area contributed by atoms with Crippen molar-refractivity contribution in [1.29, 1.82) is 0 Å². The van der Waals surface area contributed by atoms with Crippen LogP contribution in [-0.4, -0.2) is 23.3 Å². The van der Waals surface area contributed by atoms with Gasteiger partial charge in [-0.3, -0.25) is 4.79 Å². The summed E-state index contributed by atoms with van der Waals surface area (Å²) in [7, 11) is 0. The molecule has 3 atom stereocenters. The van der Waals surface area contributed by atoms with Crippen LogP contribution in [0.1, 0.15) is 104 Å². The Labute approximate surface area is 167 Å². The Kier molecular flexibility index (Phi) is 14.1. The highest BCUT2D eigenvalue weighted by atomic mass is 16.6. The molecule has 1 heterocycles. The number of cyclic esters (lactones) is 1. The average Bonchev–Trinajstić information content (AvgIpc) is 2.64. The summed E-state index contributed by atoms with van der Waals surface area (Å²) in [6, 6.07) is 0. The van der Waals surface area contributed by atoms with E-state index in [4.69, 9.17) is 4.74 Å². The molecule has 1 saturated heterocycles. The molecule has 0 amide bonds. The summed E-state index contributed by atoms with van der Waals surface area (Å²) in [5, 5.41) is 10.1. The molecule has 1 fully saturated rings. The molecule has 0 aromatic carbocycles. The van der Waals surface area contributed by atoms with Crippen molar-refractivity contribution in [3.63, 3.8) is 0 Å². The van der Waals surface area contributed by atoms with Crippen molar-refractivity contribution in [2.24, 2.45) is 5.92 Å². The standard InChI is InChI=1S/C24H42O3/c1-3-5-6-7-8-9-10-11-12-13-14-15-16-17-18-19-21(25)20-23-22(4-2)24(26)27-23/h8-9,11-12,21-23,25H,3-7,10,13-20H2,1-2H3/b9-8-,12-11-/t21?,22-,23+/m1/s1. The van der Waals surface area contributed by atoms with Crippen LogP contribution >= 0.6 is 0 Å². The molecule has 3 nitrogen and oxygen atoms in total. The highest BCUT2D eigenvalue weighted by Crippen LogP contribution is 2.29. The third-order valence-corrected chi connectivity index (χ3v) is 5.45. The first-order chi connectivity index (χ1) is 13.2. The van der Waals surface area contributed by atoms with Crippen LogP contribution in [0.5, 0.6) is 0 Å². The minimum absolute atomic E-state index is 0.0178. The average molecular weight is 379 g/mol. The summed E-state index contributed by atoms with van der Waals surface area (Å²) in [6.45, 7) is 4.25. The minimum Gasteiger partial charge on any atom is -0.461 e. The predicted octanol–water partition coefficient (Wildman–Crippen LogP) is 6.50. The Morgan fingerprint density at radius 3 is 2.19 bits per heavy atom. The van der Waals surface area contributed by atoms with Crippen molar-refractivity contribution in [2.45, 2.75) is 116 Å². The van der Waals surface area contributed by atoms with Gasteiger partial charge in [0.15, 0.2) is 0 Å². The van der Waals surface area contributed by atoms with Gasteiger partial charge in [0.25, 0.3) is 0 Å². The van der Waals surface area contributed by atoms with E-state index in [1.54, 1.807) is 0 Å². The van der Waals surface area contributed by atoms with Crippen molar-refractivity contribution < 1.29 is 14.6 Å². The summed E-state index contributed by atoms with van der Waals surface area (Å²) in [5.41, 5.74) is 0. The Balaban J connectivity index is 1.86. The molecule has 1 N–H and O–H groups in total. The Hall–Kier alpha value is -1.09. The number of aliphatic hydroxyl groups excluding tert-OH is 1. The lowest BCUT2D eigenvalue weighted by Gasteiger charge is -2.35. The van der Waals surface area contributed by atoms with E-state index in [0.717, 1.165) is 25.7 Å². The molecule has 1 aliphatic heterocycles. The van der Waals surface area contributed by atoms with Crippen molar-refractivity contribution in [3.05, 3.63) is 24.3 Å². The zero-order valence-corrected chi connectivity index (χ0v) is 17.7. The highest BCUT2D eigenvalue weighted by Gasteiger charge is 2.41. The van der Waals surface area contributed by atoms with E-state index >= 15 is 0 Å². The van der Waals surface area contributed by atoms with E-state index in [2.05, 4.69) is 31.2 Å². The van der Waals surface area contributed by atoms with Crippen LogP contribution in [0, 0.1) is 5.92 Å². The molecule has 0 aromatic heterocycles. The normalized spacial score (nSPS) is 20.9. The molecule has 0 radical (unpaired) electrons. The first-order valence-electron chi connectivity index (χ1n) is 11.4. The van der Waals surface area contributed by atoms with Gasteiger partial charge in [0.1, 0.15) is 6.10 Å². The topological polar surface area (TPSA) is 46.5 Å². The molecule has 0 bridgehead atoms. The maximum atomic E-state index is 11.2. The third kappa shape index (κ3) is 11.4. The van der Waals surface area contributed by atoms with Gasteiger partial charge in [-0.2, -0.15) is 0 Å². The monoisotopic (exact) mass is 378 g/mol. The number of esters is 1. The van der Waals surface area contributed by atoms with Gasteiger partial charge in [0, 0.05) is 6.42 Å². The van der Waals surface area contributed by atoms with Crippen molar-refractivity contribution >= 4 is 5.97 Å².